The number of hydrogen-bond donors (Lipinski definition) is 1. The second-order valence-corrected chi connectivity index (χ2v) is 4.58. The summed E-state index contributed by atoms with van der Waals surface area (Å²) < 4.78 is 76.7. The third-order valence-electron chi connectivity index (χ3n) is 2.90. The van der Waals surface area contributed by atoms with Gasteiger partial charge in [0.1, 0.15) is 0 Å². The fourth-order valence-corrected chi connectivity index (χ4v) is 2.08. The summed E-state index contributed by atoms with van der Waals surface area (Å²) in [7, 11) is 0. The first kappa shape index (κ1) is 20.8. The normalized spacial score (nSPS) is 11.9. The Kier molecular flexibility index (Phi) is 7.93. The van der Waals surface area contributed by atoms with E-state index in [0.29, 0.717) is 25.5 Å². The van der Waals surface area contributed by atoms with E-state index in [1.54, 1.807) is 0 Å². The highest BCUT2D eigenvalue weighted by Gasteiger charge is 2.44. The van der Waals surface area contributed by atoms with E-state index >= 15 is 0 Å². The molecule has 2 N–H and O–H groups in total. The summed E-state index contributed by atoms with van der Waals surface area (Å²) in [6.07, 6.45) is -8.62. The van der Waals surface area contributed by atoms with Crippen molar-refractivity contribution < 1.29 is 26.3 Å². The number of nitrogens with two attached hydrogens (primary N) is 1. The third-order valence-corrected chi connectivity index (χ3v) is 2.90. The van der Waals surface area contributed by atoms with E-state index in [1.165, 1.54) is 0 Å². The first-order valence-corrected chi connectivity index (χ1v) is 7.05. The first-order valence-electron chi connectivity index (χ1n) is 7.05. The van der Waals surface area contributed by atoms with Crippen molar-refractivity contribution in [1.82, 2.24) is 0 Å². The molecule has 22 heavy (non-hydrogen) atoms. The number of rotatable bonds is 4. The second-order valence-electron chi connectivity index (χ2n) is 4.58. The Morgan fingerprint density at radius 3 is 1.86 bits per heavy atom. The molecule has 0 bridgehead atoms. The summed E-state index contributed by atoms with van der Waals surface area (Å²) in [5.74, 6) is 0. The van der Waals surface area contributed by atoms with Crippen LogP contribution in [0.3, 0.4) is 0 Å². The minimum absolute atomic E-state index is 0.247. The van der Waals surface area contributed by atoms with Crippen LogP contribution in [0.1, 0.15) is 48.9 Å². The highest BCUT2D eigenvalue weighted by molar-refractivity contribution is 5.42. The molecule has 0 saturated heterocycles. The van der Waals surface area contributed by atoms with Gasteiger partial charge in [-0.15, -0.1) is 0 Å². The average molecular weight is 329 g/mol. The Hall–Kier alpha value is -1.24. The Labute approximate surface area is 126 Å². The van der Waals surface area contributed by atoms with Gasteiger partial charge in [-0.25, -0.2) is 0 Å². The van der Waals surface area contributed by atoms with E-state index in [1.807, 2.05) is 13.8 Å². The molecule has 7 heteroatoms. The second kappa shape index (κ2) is 8.41. The molecular weight excluding hydrogens is 308 g/mol. The molecule has 0 spiro atoms. The van der Waals surface area contributed by atoms with Crippen LogP contribution in [0.15, 0.2) is 12.1 Å². The molecule has 0 atom stereocenters. The molecule has 1 aromatic carbocycles. The SMILES string of the molecule is CC.Cc1cc(CCCCN)cc(C(F)(F)F)c1C(F)(F)F. The zero-order valence-corrected chi connectivity index (χ0v) is 12.8. The van der Waals surface area contributed by atoms with Crippen LogP contribution >= 0.6 is 0 Å². The van der Waals surface area contributed by atoms with Gasteiger partial charge >= 0.3 is 12.4 Å². The van der Waals surface area contributed by atoms with Crippen LogP contribution in [0, 0.1) is 6.92 Å². The fourth-order valence-electron chi connectivity index (χ4n) is 2.08. The maximum Gasteiger partial charge on any atom is 0.417 e. The molecule has 0 heterocycles. The van der Waals surface area contributed by atoms with Gasteiger partial charge in [0.05, 0.1) is 11.1 Å². The minimum Gasteiger partial charge on any atom is -0.330 e. The maximum absolute atomic E-state index is 12.8. The molecular formula is C15H21F6N. The molecule has 0 amide bonds. The van der Waals surface area contributed by atoms with Gasteiger partial charge in [0, 0.05) is 0 Å². The van der Waals surface area contributed by atoms with Crippen LogP contribution in [0.2, 0.25) is 0 Å². The number of benzene rings is 1. The van der Waals surface area contributed by atoms with Crippen LogP contribution in [-0.2, 0) is 18.8 Å². The highest BCUT2D eigenvalue weighted by Crippen LogP contribution is 2.42. The summed E-state index contributed by atoms with van der Waals surface area (Å²) in [5, 5.41) is 0. The van der Waals surface area contributed by atoms with Crippen molar-refractivity contribution in [1.29, 1.82) is 0 Å². The molecule has 0 unspecified atom stereocenters. The lowest BCUT2D eigenvalue weighted by Gasteiger charge is -2.19. The maximum atomic E-state index is 12.8. The van der Waals surface area contributed by atoms with Crippen LogP contribution in [0.5, 0.6) is 0 Å². The summed E-state index contributed by atoms with van der Waals surface area (Å²) in [5.41, 5.74) is 1.89. The van der Waals surface area contributed by atoms with E-state index in [-0.39, 0.29) is 12.0 Å². The van der Waals surface area contributed by atoms with Gasteiger partial charge in [0.2, 0.25) is 0 Å². The van der Waals surface area contributed by atoms with E-state index in [0.717, 1.165) is 13.0 Å². The molecule has 0 aliphatic heterocycles. The molecule has 0 saturated carbocycles. The van der Waals surface area contributed by atoms with Crippen LogP contribution in [0.25, 0.3) is 0 Å². The number of aryl methyl sites for hydroxylation is 2. The molecule has 1 rings (SSSR count). The first-order chi connectivity index (χ1) is 10.1. The number of unbranched alkanes of at least 4 members (excludes halogenated alkanes) is 1. The van der Waals surface area contributed by atoms with Crippen molar-refractivity contribution in [2.75, 3.05) is 6.54 Å². The third kappa shape index (κ3) is 5.87. The molecule has 0 radical (unpaired) electrons. The Balaban J connectivity index is 0.00000211. The molecule has 0 aromatic heterocycles. The molecule has 0 fully saturated rings. The largest absolute Gasteiger partial charge is 0.417 e. The fraction of sp³-hybridized carbons (Fsp3) is 0.600. The lowest BCUT2D eigenvalue weighted by Crippen LogP contribution is -2.18. The van der Waals surface area contributed by atoms with Crippen molar-refractivity contribution in [3.63, 3.8) is 0 Å². The highest BCUT2D eigenvalue weighted by atomic mass is 19.4. The molecule has 1 nitrogen and oxygen atoms in total. The number of halogens is 6. The van der Waals surface area contributed by atoms with Gasteiger partial charge in [-0.3, -0.25) is 0 Å². The molecule has 1 aromatic rings. The zero-order valence-electron chi connectivity index (χ0n) is 12.8. The molecule has 0 aliphatic carbocycles. The predicted molar refractivity (Wildman–Crippen MR) is 74.5 cm³/mol. The van der Waals surface area contributed by atoms with Crippen molar-refractivity contribution in [3.05, 3.63) is 34.4 Å². The Morgan fingerprint density at radius 2 is 1.45 bits per heavy atom. The summed E-state index contributed by atoms with van der Waals surface area (Å²) in [4.78, 5) is 0. The van der Waals surface area contributed by atoms with E-state index < -0.39 is 29.0 Å². The Morgan fingerprint density at radius 1 is 0.909 bits per heavy atom. The van der Waals surface area contributed by atoms with E-state index in [2.05, 4.69) is 0 Å². The van der Waals surface area contributed by atoms with Gasteiger partial charge < -0.3 is 5.73 Å². The molecule has 0 aliphatic rings. The monoisotopic (exact) mass is 329 g/mol. The van der Waals surface area contributed by atoms with Gasteiger partial charge in [-0.05, 0) is 49.9 Å². The van der Waals surface area contributed by atoms with Crippen LogP contribution in [-0.4, -0.2) is 6.54 Å². The summed E-state index contributed by atoms with van der Waals surface area (Å²) >= 11 is 0. The number of hydrogen-bond acceptors (Lipinski definition) is 1. The van der Waals surface area contributed by atoms with Crippen molar-refractivity contribution >= 4 is 0 Å². The molecule has 128 valence electrons. The Bertz CT molecular complexity index is 462. The lowest BCUT2D eigenvalue weighted by atomic mass is 9.95. The lowest BCUT2D eigenvalue weighted by molar-refractivity contribution is -0.162. The summed E-state index contributed by atoms with van der Waals surface area (Å²) in [6, 6.07) is 1.75. The summed E-state index contributed by atoms with van der Waals surface area (Å²) in [6.45, 7) is 5.44. The van der Waals surface area contributed by atoms with Gasteiger partial charge in [0.25, 0.3) is 0 Å². The number of alkyl halides is 6. The predicted octanol–water partition coefficient (Wildman–Crippen LogP) is 5.34. The quantitative estimate of drug-likeness (QED) is 0.585. The smallest absolute Gasteiger partial charge is 0.330 e. The van der Waals surface area contributed by atoms with Crippen LogP contribution < -0.4 is 5.73 Å². The minimum atomic E-state index is -5.03. The van der Waals surface area contributed by atoms with Crippen molar-refractivity contribution in [2.24, 2.45) is 5.73 Å². The van der Waals surface area contributed by atoms with E-state index in [9.17, 15) is 26.3 Å². The van der Waals surface area contributed by atoms with E-state index in [4.69, 9.17) is 5.73 Å². The zero-order chi connectivity index (χ0) is 17.6. The van der Waals surface area contributed by atoms with Gasteiger partial charge in [-0.2, -0.15) is 26.3 Å². The van der Waals surface area contributed by atoms with Gasteiger partial charge in [0.15, 0.2) is 0 Å². The van der Waals surface area contributed by atoms with Crippen molar-refractivity contribution in [3.8, 4) is 0 Å². The average Bonchev–Trinajstić information content (AvgIpc) is 2.38. The van der Waals surface area contributed by atoms with Gasteiger partial charge in [-0.1, -0.05) is 19.9 Å². The topological polar surface area (TPSA) is 26.0 Å². The van der Waals surface area contributed by atoms with Crippen LogP contribution in [0.4, 0.5) is 26.3 Å². The van der Waals surface area contributed by atoms with Crippen molar-refractivity contribution in [2.45, 2.75) is 52.4 Å². The standard InChI is InChI=1S/C13H15F6N.C2H6/c1-8-6-9(4-2-3-5-20)7-10(12(14,15)16)11(8)13(17,18)19;1-2/h6-7H,2-5,20H2,1H3;1-2H3.